The molecular weight excluding hydrogens is 528 g/mol. The van der Waals surface area contributed by atoms with Gasteiger partial charge in [0, 0.05) is 17.9 Å². The minimum Gasteiger partial charge on any atom is -0.218 e. The molecule has 100 valence electrons. The molecule has 2 aromatic rings. The fourth-order valence-corrected chi connectivity index (χ4v) is 5.53. The van der Waals surface area contributed by atoms with Crippen LogP contribution >= 0.6 is 63.7 Å². The maximum absolute atomic E-state index is 12.6. The van der Waals surface area contributed by atoms with Gasteiger partial charge in [-0.25, -0.2) is 8.42 Å². The topological polar surface area (TPSA) is 34.1 Å². The lowest BCUT2D eigenvalue weighted by Gasteiger charge is -2.09. The number of rotatable bonds is 2. The third kappa shape index (κ3) is 3.32. The van der Waals surface area contributed by atoms with Gasteiger partial charge in [0.2, 0.25) is 9.84 Å². The Bertz CT molecular complexity index is 741. The SMILES string of the molecule is O=S(=O)(c1cccc(Br)c1)c1cc(Br)c(Br)cc1Br. The first-order valence-corrected chi connectivity index (χ1v) is 9.63. The molecule has 0 heterocycles. The molecule has 0 radical (unpaired) electrons. The van der Waals surface area contributed by atoms with Gasteiger partial charge in [0.25, 0.3) is 0 Å². The van der Waals surface area contributed by atoms with Crippen molar-refractivity contribution in [1.29, 1.82) is 0 Å². The lowest BCUT2D eigenvalue weighted by molar-refractivity contribution is 0.595. The summed E-state index contributed by atoms with van der Waals surface area (Å²) in [6.07, 6.45) is 0. The van der Waals surface area contributed by atoms with Crippen molar-refractivity contribution in [3.8, 4) is 0 Å². The van der Waals surface area contributed by atoms with Gasteiger partial charge in [-0.05, 0) is 78.1 Å². The number of sulfone groups is 1. The van der Waals surface area contributed by atoms with Crippen molar-refractivity contribution in [1.82, 2.24) is 0 Å². The number of benzene rings is 2. The van der Waals surface area contributed by atoms with E-state index < -0.39 is 9.84 Å². The Kier molecular flexibility index (Phi) is 4.93. The Balaban J connectivity index is 2.67. The van der Waals surface area contributed by atoms with Gasteiger partial charge in [-0.1, -0.05) is 22.0 Å². The molecule has 0 aliphatic heterocycles. The maximum atomic E-state index is 12.6. The fraction of sp³-hybridized carbons (Fsp3) is 0. The van der Waals surface area contributed by atoms with Crippen LogP contribution in [0.5, 0.6) is 0 Å². The largest absolute Gasteiger partial charge is 0.218 e. The third-order valence-corrected chi connectivity index (χ3v) is 7.42. The van der Waals surface area contributed by atoms with Crippen LogP contribution in [-0.2, 0) is 9.84 Å². The summed E-state index contributed by atoms with van der Waals surface area (Å²) < 4.78 is 27.9. The van der Waals surface area contributed by atoms with Crippen LogP contribution in [0.2, 0.25) is 0 Å². The molecule has 2 nitrogen and oxygen atoms in total. The summed E-state index contributed by atoms with van der Waals surface area (Å²) in [5.74, 6) is 0. The monoisotopic (exact) mass is 530 g/mol. The highest BCUT2D eigenvalue weighted by Crippen LogP contribution is 2.35. The van der Waals surface area contributed by atoms with E-state index in [0.29, 0.717) is 8.95 Å². The summed E-state index contributed by atoms with van der Waals surface area (Å²) in [7, 11) is -3.56. The van der Waals surface area contributed by atoms with Crippen molar-refractivity contribution in [2.75, 3.05) is 0 Å². The highest BCUT2D eigenvalue weighted by molar-refractivity contribution is 9.13. The van der Waals surface area contributed by atoms with Crippen molar-refractivity contribution < 1.29 is 8.42 Å². The molecule has 2 rings (SSSR count). The van der Waals surface area contributed by atoms with E-state index in [4.69, 9.17) is 0 Å². The van der Waals surface area contributed by atoms with Crippen LogP contribution in [0, 0.1) is 0 Å². The van der Waals surface area contributed by atoms with Gasteiger partial charge in [0.05, 0.1) is 9.79 Å². The Morgan fingerprint density at radius 3 is 2.05 bits per heavy atom. The standard InChI is InChI=1S/C12H6Br4O2S/c13-7-2-1-3-8(4-7)19(17,18)12-6-10(15)9(14)5-11(12)16/h1-6H. The van der Waals surface area contributed by atoms with E-state index in [1.54, 1.807) is 36.4 Å². The van der Waals surface area contributed by atoms with Crippen LogP contribution in [-0.4, -0.2) is 8.42 Å². The van der Waals surface area contributed by atoms with Crippen LogP contribution in [0.4, 0.5) is 0 Å². The van der Waals surface area contributed by atoms with Crippen molar-refractivity contribution in [2.24, 2.45) is 0 Å². The van der Waals surface area contributed by atoms with Crippen LogP contribution in [0.15, 0.2) is 64.1 Å². The first-order chi connectivity index (χ1) is 8.82. The van der Waals surface area contributed by atoms with Gasteiger partial charge in [0.1, 0.15) is 0 Å². The Labute approximate surface area is 145 Å². The highest BCUT2D eigenvalue weighted by Gasteiger charge is 2.22. The predicted octanol–water partition coefficient (Wildman–Crippen LogP) is 5.57. The molecule has 19 heavy (non-hydrogen) atoms. The number of hydrogen-bond acceptors (Lipinski definition) is 2. The molecule has 0 fully saturated rings. The van der Waals surface area contributed by atoms with E-state index in [-0.39, 0.29) is 9.79 Å². The van der Waals surface area contributed by atoms with E-state index in [0.717, 1.165) is 8.95 Å². The summed E-state index contributed by atoms with van der Waals surface area (Å²) in [6, 6.07) is 9.91. The minimum absolute atomic E-state index is 0.223. The molecule has 0 spiro atoms. The molecular formula is C12H6Br4O2S. The third-order valence-electron chi connectivity index (χ3n) is 2.37. The fourth-order valence-electron chi connectivity index (χ4n) is 1.47. The van der Waals surface area contributed by atoms with Gasteiger partial charge >= 0.3 is 0 Å². The zero-order chi connectivity index (χ0) is 14.2. The van der Waals surface area contributed by atoms with E-state index >= 15 is 0 Å². The first-order valence-electron chi connectivity index (χ1n) is 4.97. The van der Waals surface area contributed by atoms with Gasteiger partial charge in [-0.15, -0.1) is 0 Å². The molecule has 0 saturated carbocycles. The zero-order valence-corrected chi connectivity index (χ0v) is 16.4. The Morgan fingerprint density at radius 2 is 1.42 bits per heavy atom. The molecule has 0 aromatic heterocycles. The summed E-state index contributed by atoms with van der Waals surface area (Å²) >= 11 is 13.2. The van der Waals surface area contributed by atoms with Crippen LogP contribution in [0.3, 0.4) is 0 Å². The van der Waals surface area contributed by atoms with Crippen LogP contribution < -0.4 is 0 Å². The Morgan fingerprint density at radius 1 is 0.789 bits per heavy atom. The molecule has 0 bridgehead atoms. The molecule has 0 aliphatic carbocycles. The first kappa shape index (κ1) is 15.7. The second-order valence-corrected chi connectivity index (χ2v) is 9.05. The van der Waals surface area contributed by atoms with Crippen molar-refractivity contribution in [2.45, 2.75) is 9.79 Å². The van der Waals surface area contributed by atoms with Gasteiger partial charge < -0.3 is 0 Å². The highest BCUT2D eigenvalue weighted by atomic mass is 79.9. The second kappa shape index (κ2) is 5.97. The second-order valence-electron chi connectivity index (χ2n) is 3.66. The number of hydrogen-bond donors (Lipinski definition) is 0. The summed E-state index contributed by atoms with van der Waals surface area (Å²) in [6.45, 7) is 0. The molecule has 0 N–H and O–H groups in total. The number of halogens is 4. The van der Waals surface area contributed by atoms with Crippen molar-refractivity contribution >= 4 is 73.6 Å². The van der Waals surface area contributed by atoms with E-state index in [2.05, 4.69) is 63.7 Å². The lowest BCUT2D eigenvalue weighted by atomic mass is 10.4. The van der Waals surface area contributed by atoms with E-state index in [9.17, 15) is 8.42 Å². The maximum Gasteiger partial charge on any atom is 0.207 e. The average Bonchev–Trinajstić information content (AvgIpc) is 2.33. The zero-order valence-electron chi connectivity index (χ0n) is 9.20. The van der Waals surface area contributed by atoms with Gasteiger partial charge in [0.15, 0.2) is 0 Å². The molecule has 7 heteroatoms. The van der Waals surface area contributed by atoms with Gasteiger partial charge in [-0.3, -0.25) is 0 Å². The summed E-state index contributed by atoms with van der Waals surface area (Å²) in [4.78, 5) is 0.470. The van der Waals surface area contributed by atoms with Gasteiger partial charge in [-0.2, -0.15) is 0 Å². The quantitative estimate of drug-likeness (QED) is 0.473. The molecule has 0 amide bonds. The van der Waals surface area contributed by atoms with Crippen molar-refractivity contribution in [3.05, 3.63) is 54.3 Å². The Hall–Kier alpha value is 0.310. The van der Waals surface area contributed by atoms with Crippen LogP contribution in [0.1, 0.15) is 0 Å². The summed E-state index contributed by atoms with van der Waals surface area (Å²) in [5, 5.41) is 0. The molecule has 0 atom stereocenters. The van der Waals surface area contributed by atoms with E-state index in [1.165, 1.54) is 0 Å². The average molecular weight is 534 g/mol. The minimum atomic E-state index is -3.56. The smallest absolute Gasteiger partial charge is 0.207 e. The molecule has 0 aliphatic rings. The normalized spacial score (nSPS) is 11.6. The summed E-state index contributed by atoms with van der Waals surface area (Å²) in [5.41, 5.74) is 0. The predicted molar refractivity (Wildman–Crippen MR) is 89.1 cm³/mol. The van der Waals surface area contributed by atoms with E-state index in [1.807, 2.05) is 0 Å². The lowest BCUT2D eigenvalue weighted by Crippen LogP contribution is -2.03. The van der Waals surface area contributed by atoms with Crippen LogP contribution in [0.25, 0.3) is 0 Å². The molecule has 0 unspecified atom stereocenters. The van der Waals surface area contributed by atoms with Crippen molar-refractivity contribution in [3.63, 3.8) is 0 Å². The molecule has 2 aromatic carbocycles. The molecule has 0 saturated heterocycles.